The van der Waals surface area contributed by atoms with Crippen molar-refractivity contribution >= 4 is 23.2 Å². The van der Waals surface area contributed by atoms with Gasteiger partial charge in [-0.05, 0) is 32.6 Å². The van der Waals surface area contributed by atoms with Gasteiger partial charge in [0.2, 0.25) is 5.91 Å². The van der Waals surface area contributed by atoms with Gasteiger partial charge in [-0.25, -0.2) is 4.98 Å². The number of piperidine rings is 1. The maximum Gasteiger partial charge on any atom is 0.217 e. The summed E-state index contributed by atoms with van der Waals surface area (Å²) < 4.78 is 0. The van der Waals surface area contributed by atoms with Crippen molar-refractivity contribution in [2.75, 3.05) is 20.1 Å². The zero-order valence-corrected chi connectivity index (χ0v) is 14.4. The number of primary amides is 1. The molecule has 1 amide bonds. The minimum absolute atomic E-state index is 0.217. The molecule has 22 heavy (non-hydrogen) atoms. The number of aryl methyl sites for hydroxylation is 2. The number of hydrogen-bond acceptors (Lipinski definition) is 4. The summed E-state index contributed by atoms with van der Waals surface area (Å²) in [5.74, 6) is 1.00. The lowest BCUT2D eigenvalue weighted by Gasteiger charge is -2.34. The van der Waals surface area contributed by atoms with Crippen LogP contribution < -0.4 is 11.1 Å². The van der Waals surface area contributed by atoms with E-state index in [1.165, 1.54) is 4.88 Å². The number of guanidine groups is 1. The molecule has 2 rings (SSSR count). The Bertz CT molecular complexity index is 554. The average molecular weight is 323 g/mol. The number of amides is 1. The fourth-order valence-electron chi connectivity index (χ4n) is 2.94. The van der Waals surface area contributed by atoms with Gasteiger partial charge in [0.1, 0.15) is 0 Å². The van der Waals surface area contributed by atoms with Crippen molar-refractivity contribution in [3.8, 4) is 0 Å². The van der Waals surface area contributed by atoms with Crippen LogP contribution in [0, 0.1) is 19.8 Å². The lowest BCUT2D eigenvalue weighted by molar-refractivity contribution is -0.119. The molecule has 1 saturated heterocycles. The molecule has 1 aliphatic heterocycles. The van der Waals surface area contributed by atoms with Crippen LogP contribution in [0.15, 0.2) is 4.99 Å². The first kappa shape index (κ1) is 16.7. The molecule has 0 aliphatic carbocycles. The van der Waals surface area contributed by atoms with Gasteiger partial charge in [-0.1, -0.05) is 0 Å². The van der Waals surface area contributed by atoms with Gasteiger partial charge >= 0.3 is 0 Å². The number of carbonyl (C=O) groups is 1. The fourth-order valence-corrected chi connectivity index (χ4v) is 3.81. The van der Waals surface area contributed by atoms with Crippen LogP contribution in [0.3, 0.4) is 0 Å². The van der Waals surface area contributed by atoms with Gasteiger partial charge in [0.05, 0.1) is 17.2 Å². The molecule has 2 heterocycles. The van der Waals surface area contributed by atoms with E-state index in [0.717, 1.165) is 49.1 Å². The molecule has 122 valence electrons. The second-order valence-corrected chi connectivity index (χ2v) is 7.05. The molecule has 1 aromatic heterocycles. The van der Waals surface area contributed by atoms with E-state index in [2.05, 4.69) is 20.2 Å². The number of carbonyl (C=O) groups excluding carboxylic acids is 1. The minimum atomic E-state index is -0.217. The zero-order valence-electron chi connectivity index (χ0n) is 13.6. The number of likely N-dealkylation sites (tertiary alicyclic amines) is 1. The Balaban J connectivity index is 1.93. The summed E-state index contributed by atoms with van der Waals surface area (Å²) in [6, 6.07) is 0. The highest BCUT2D eigenvalue weighted by Gasteiger charge is 2.23. The van der Waals surface area contributed by atoms with Crippen LogP contribution in [-0.4, -0.2) is 41.9 Å². The average Bonchev–Trinajstić information content (AvgIpc) is 2.77. The number of aliphatic imine (C=N–C) groups is 1. The van der Waals surface area contributed by atoms with Crippen LogP contribution in [0.2, 0.25) is 0 Å². The fraction of sp³-hybridized carbons (Fsp3) is 0.667. The molecule has 3 N–H and O–H groups in total. The van der Waals surface area contributed by atoms with Crippen molar-refractivity contribution < 1.29 is 4.79 Å². The third kappa shape index (κ3) is 4.43. The normalized spacial score (nSPS) is 19.3. The van der Waals surface area contributed by atoms with E-state index in [1.807, 2.05) is 13.8 Å². The number of nitrogens with zero attached hydrogens (tertiary/aromatic N) is 3. The summed E-state index contributed by atoms with van der Waals surface area (Å²) in [4.78, 5) is 23.4. The first-order valence-corrected chi connectivity index (χ1v) is 8.48. The number of hydrogen-bond donors (Lipinski definition) is 2. The molecule has 0 saturated carbocycles. The molecule has 1 unspecified atom stereocenters. The minimum Gasteiger partial charge on any atom is -0.370 e. The number of rotatable bonds is 4. The molecule has 0 bridgehead atoms. The van der Waals surface area contributed by atoms with Gasteiger partial charge in [-0.2, -0.15) is 0 Å². The van der Waals surface area contributed by atoms with Gasteiger partial charge in [0.15, 0.2) is 5.96 Å². The van der Waals surface area contributed by atoms with Crippen molar-refractivity contribution in [3.63, 3.8) is 0 Å². The molecule has 0 spiro atoms. The quantitative estimate of drug-likeness (QED) is 0.648. The third-order valence-corrected chi connectivity index (χ3v) is 5.00. The highest BCUT2D eigenvalue weighted by Crippen LogP contribution is 2.20. The molecular formula is C15H25N5OS. The standard InChI is InChI=1S/C15H25N5OS/c1-10-13(22-11(2)19-10)8-18-15(17-3)20-6-4-5-12(9-20)7-14(16)21/h12H,4-9H2,1-3H3,(H2,16,21)(H,17,18). The maximum atomic E-state index is 11.1. The summed E-state index contributed by atoms with van der Waals surface area (Å²) in [5, 5.41) is 4.50. The van der Waals surface area contributed by atoms with Crippen LogP contribution in [0.25, 0.3) is 0 Å². The zero-order chi connectivity index (χ0) is 16.1. The van der Waals surface area contributed by atoms with Gasteiger partial charge in [-0.3, -0.25) is 9.79 Å². The molecule has 0 radical (unpaired) electrons. The molecule has 0 aromatic carbocycles. The number of thiazole rings is 1. The summed E-state index contributed by atoms with van der Waals surface area (Å²) >= 11 is 1.71. The molecule has 1 atom stereocenters. The van der Waals surface area contributed by atoms with Crippen LogP contribution in [-0.2, 0) is 11.3 Å². The van der Waals surface area contributed by atoms with E-state index in [-0.39, 0.29) is 5.91 Å². The Labute approximate surface area is 135 Å². The highest BCUT2D eigenvalue weighted by molar-refractivity contribution is 7.11. The third-order valence-electron chi connectivity index (χ3n) is 3.93. The largest absolute Gasteiger partial charge is 0.370 e. The van der Waals surface area contributed by atoms with Crippen molar-refractivity contribution in [2.24, 2.45) is 16.6 Å². The molecular weight excluding hydrogens is 298 g/mol. The second kappa shape index (κ2) is 7.58. The van der Waals surface area contributed by atoms with Gasteiger partial charge < -0.3 is 16.0 Å². The summed E-state index contributed by atoms with van der Waals surface area (Å²) in [6.07, 6.45) is 2.58. The lowest BCUT2D eigenvalue weighted by Crippen LogP contribution is -2.46. The van der Waals surface area contributed by atoms with Crippen molar-refractivity contribution in [3.05, 3.63) is 15.6 Å². The van der Waals surface area contributed by atoms with Crippen molar-refractivity contribution in [2.45, 2.75) is 39.7 Å². The summed E-state index contributed by atoms with van der Waals surface area (Å²) in [6.45, 7) is 6.60. The van der Waals surface area contributed by atoms with Crippen LogP contribution in [0.5, 0.6) is 0 Å². The summed E-state index contributed by atoms with van der Waals surface area (Å²) in [5.41, 5.74) is 6.40. The molecule has 1 aromatic rings. The second-order valence-electron chi connectivity index (χ2n) is 5.77. The number of nitrogens with one attached hydrogen (secondary N) is 1. The van der Waals surface area contributed by atoms with Crippen molar-refractivity contribution in [1.82, 2.24) is 15.2 Å². The Morgan fingerprint density at radius 3 is 2.91 bits per heavy atom. The molecule has 6 nitrogen and oxygen atoms in total. The van der Waals surface area contributed by atoms with E-state index >= 15 is 0 Å². The smallest absolute Gasteiger partial charge is 0.217 e. The summed E-state index contributed by atoms with van der Waals surface area (Å²) in [7, 11) is 1.80. The monoisotopic (exact) mass is 323 g/mol. The van der Waals surface area contributed by atoms with Crippen LogP contribution in [0.4, 0.5) is 0 Å². The van der Waals surface area contributed by atoms with Gasteiger partial charge in [0.25, 0.3) is 0 Å². The first-order chi connectivity index (χ1) is 10.5. The van der Waals surface area contributed by atoms with E-state index in [9.17, 15) is 4.79 Å². The van der Waals surface area contributed by atoms with E-state index in [0.29, 0.717) is 12.3 Å². The van der Waals surface area contributed by atoms with E-state index < -0.39 is 0 Å². The van der Waals surface area contributed by atoms with Crippen molar-refractivity contribution in [1.29, 1.82) is 0 Å². The van der Waals surface area contributed by atoms with Gasteiger partial charge in [-0.15, -0.1) is 11.3 Å². The predicted molar refractivity (Wildman–Crippen MR) is 89.9 cm³/mol. The van der Waals surface area contributed by atoms with Crippen LogP contribution >= 0.6 is 11.3 Å². The Morgan fingerprint density at radius 2 is 2.32 bits per heavy atom. The predicted octanol–water partition coefficient (Wildman–Crippen LogP) is 1.42. The van der Waals surface area contributed by atoms with E-state index in [1.54, 1.807) is 18.4 Å². The molecule has 7 heteroatoms. The Hall–Kier alpha value is -1.63. The number of nitrogens with two attached hydrogens (primary N) is 1. The SMILES string of the molecule is CN=C(NCc1sc(C)nc1C)N1CCCC(CC(N)=O)C1. The Kier molecular flexibility index (Phi) is 5.76. The first-order valence-electron chi connectivity index (χ1n) is 7.66. The van der Waals surface area contributed by atoms with Gasteiger partial charge in [0, 0.05) is 31.4 Å². The highest BCUT2D eigenvalue weighted by atomic mass is 32.1. The topological polar surface area (TPSA) is 83.6 Å². The lowest BCUT2D eigenvalue weighted by atomic mass is 9.95. The molecule has 1 aliphatic rings. The molecule has 1 fully saturated rings. The number of aromatic nitrogens is 1. The van der Waals surface area contributed by atoms with E-state index in [4.69, 9.17) is 5.73 Å². The maximum absolute atomic E-state index is 11.1. The Morgan fingerprint density at radius 1 is 1.55 bits per heavy atom. The van der Waals surface area contributed by atoms with Crippen LogP contribution in [0.1, 0.15) is 34.8 Å².